The number of nitrogens with zero attached hydrogens (tertiary/aromatic N) is 1. The molecule has 2 aliphatic heterocycles. The lowest BCUT2D eigenvalue weighted by molar-refractivity contribution is 0.173. The molecule has 1 fully saturated rings. The van der Waals surface area contributed by atoms with Gasteiger partial charge in [0, 0.05) is 36.2 Å². The Hall–Kier alpha value is -0.910. The highest BCUT2D eigenvalue weighted by Gasteiger charge is 2.31. The first kappa shape index (κ1) is 14.0. The van der Waals surface area contributed by atoms with Gasteiger partial charge in [0.25, 0.3) is 0 Å². The van der Waals surface area contributed by atoms with Gasteiger partial charge in [-0.1, -0.05) is 6.07 Å². The van der Waals surface area contributed by atoms with E-state index in [1.165, 1.54) is 5.56 Å². The fourth-order valence-electron chi connectivity index (χ4n) is 2.94. The number of nitrogens with two attached hydrogens (primary N) is 1. The largest absolute Gasteiger partial charge is 0.454 e. The van der Waals surface area contributed by atoms with Crippen LogP contribution >= 0.6 is 11.8 Å². The van der Waals surface area contributed by atoms with Gasteiger partial charge in [0.15, 0.2) is 11.5 Å². The molecule has 2 aliphatic rings. The van der Waals surface area contributed by atoms with Crippen LogP contribution in [0.4, 0.5) is 0 Å². The Morgan fingerprint density at radius 3 is 2.90 bits per heavy atom. The molecule has 1 unspecified atom stereocenters. The molecular weight excluding hydrogens is 272 g/mol. The number of ether oxygens (including phenoxy) is 2. The van der Waals surface area contributed by atoms with Crippen LogP contribution in [0.3, 0.4) is 0 Å². The second-order valence-electron chi connectivity index (χ2n) is 5.94. The van der Waals surface area contributed by atoms with Crippen molar-refractivity contribution in [2.75, 3.05) is 32.2 Å². The van der Waals surface area contributed by atoms with E-state index in [1.807, 2.05) is 17.8 Å². The lowest BCUT2D eigenvalue weighted by Gasteiger charge is -2.41. The van der Waals surface area contributed by atoms with Crippen LogP contribution in [0.25, 0.3) is 0 Å². The number of rotatable bonds is 3. The molecule has 5 heteroatoms. The van der Waals surface area contributed by atoms with Gasteiger partial charge in [-0.15, -0.1) is 0 Å². The normalized spacial score (nSPS) is 22.8. The summed E-state index contributed by atoms with van der Waals surface area (Å²) in [5.41, 5.74) is 7.27. The first-order valence-corrected chi connectivity index (χ1v) is 8.05. The minimum absolute atomic E-state index is 0.254. The highest BCUT2D eigenvalue weighted by molar-refractivity contribution is 8.00. The molecular formula is C15H22N2O2S. The molecule has 0 aliphatic carbocycles. The fourth-order valence-corrected chi connectivity index (χ4v) is 4.07. The van der Waals surface area contributed by atoms with Crippen molar-refractivity contribution < 1.29 is 9.47 Å². The lowest BCUT2D eigenvalue weighted by Crippen LogP contribution is -2.46. The Morgan fingerprint density at radius 2 is 2.15 bits per heavy atom. The van der Waals surface area contributed by atoms with E-state index in [-0.39, 0.29) is 6.04 Å². The van der Waals surface area contributed by atoms with Gasteiger partial charge in [0.05, 0.1) is 0 Å². The molecule has 1 saturated heterocycles. The molecule has 0 amide bonds. The van der Waals surface area contributed by atoms with E-state index < -0.39 is 0 Å². The summed E-state index contributed by atoms with van der Waals surface area (Å²) >= 11 is 2.04. The van der Waals surface area contributed by atoms with E-state index in [1.54, 1.807) is 0 Å². The van der Waals surface area contributed by atoms with E-state index in [0.29, 0.717) is 18.1 Å². The number of fused-ring (bicyclic) bond motifs is 1. The molecule has 1 aromatic rings. The molecule has 2 N–H and O–H groups in total. The van der Waals surface area contributed by atoms with Gasteiger partial charge in [0.2, 0.25) is 6.79 Å². The van der Waals surface area contributed by atoms with Gasteiger partial charge in [0.1, 0.15) is 0 Å². The molecule has 0 aromatic heterocycles. The van der Waals surface area contributed by atoms with Crippen molar-refractivity contribution in [3.05, 3.63) is 23.8 Å². The second-order valence-corrected chi connectivity index (χ2v) is 7.74. The lowest BCUT2D eigenvalue weighted by atomic mass is 10.0. The third-order valence-electron chi connectivity index (χ3n) is 3.90. The minimum Gasteiger partial charge on any atom is -0.454 e. The summed E-state index contributed by atoms with van der Waals surface area (Å²) in [4.78, 5) is 2.49. The van der Waals surface area contributed by atoms with Crippen LogP contribution < -0.4 is 15.2 Å². The summed E-state index contributed by atoms with van der Waals surface area (Å²) in [7, 11) is 0. The standard InChI is InChI=1S/C15H22N2O2S/c1-15(2)9-17(5-6-20-15)12(8-16)11-3-4-13-14(7-11)19-10-18-13/h3-4,7,12H,5-6,8-10,16H2,1-2H3. The number of hydrogen-bond acceptors (Lipinski definition) is 5. The molecule has 0 radical (unpaired) electrons. The molecule has 110 valence electrons. The predicted molar refractivity (Wildman–Crippen MR) is 82.5 cm³/mol. The molecule has 3 rings (SSSR count). The van der Waals surface area contributed by atoms with Gasteiger partial charge in [-0.05, 0) is 31.5 Å². The van der Waals surface area contributed by atoms with Gasteiger partial charge in [-0.25, -0.2) is 0 Å². The maximum absolute atomic E-state index is 6.05. The van der Waals surface area contributed by atoms with Gasteiger partial charge < -0.3 is 15.2 Å². The van der Waals surface area contributed by atoms with Gasteiger partial charge >= 0.3 is 0 Å². The van der Waals surface area contributed by atoms with Crippen LogP contribution in [-0.2, 0) is 0 Å². The molecule has 0 bridgehead atoms. The van der Waals surface area contributed by atoms with Crippen molar-refractivity contribution in [2.45, 2.75) is 24.6 Å². The van der Waals surface area contributed by atoms with Crippen molar-refractivity contribution in [1.29, 1.82) is 0 Å². The summed E-state index contributed by atoms with van der Waals surface area (Å²) < 4.78 is 11.1. The summed E-state index contributed by atoms with van der Waals surface area (Å²) in [5.74, 6) is 2.83. The van der Waals surface area contributed by atoms with Crippen molar-refractivity contribution >= 4 is 11.8 Å². The molecule has 2 heterocycles. The van der Waals surface area contributed by atoms with E-state index in [2.05, 4.69) is 30.9 Å². The Bertz CT molecular complexity index is 493. The average molecular weight is 294 g/mol. The smallest absolute Gasteiger partial charge is 0.231 e. The molecule has 0 spiro atoms. The highest BCUT2D eigenvalue weighted by Crippen LogP contribution is 2.37. The topological polar surface area (TPSA) is 47.7 Å². The van der Waals surface area contributed by atoms with Gasteiger partial charge in [-0.2, -0.15) is 11.8 Å². The van der Waals surface area contributed by atoms with Crippen molar-refractivity contribution in [3.8, 4) is 11.5 Å². The number of hydrogen-bond donors (Lipinski definition) is 1. The molecule has 4 nitrogen and oxygen atoms in total. The Kier molecular flexibility index (Phi) is 3.84. The van der Waals surface area contributed by atoms with E-state index in [9.17, 15) is 0 Å². The zero-order chi connectivity index (χ0) is 14.2. The quantitative estimate of drug-likeness (QED) is 0.926. The van der Waals surface area contributed by atoms with Crippen molar-refractivity contribution in [1.82, 2.24) is 4.90 Å². The van der Waals surface area contributed by atoms with Crippen LogP contribution in [0, 0.1) is 0 Å². The van der Waals surface area contributed by atoms with E-state index in [0.717, 1.165) is 30.3 Å². The predicted octanol–water partition coefficient (Wildman–Crippen LogP) is 2.24. The van der Waals surface area contributed by atoms with Crippen LogP contribution in [0.1, 0.15) is 25.5 Å². The Labute approximate surface area is 124 Å². The SMILES string of the molecule is CC1(C)CN(C(CN)c2ccc3c(c2)OCO3)CCS1. The van der Waals surface area contributed by atoms with Crippen LogP contribution in [0.5, 0.6) is 11.5 Å². The number of benzene rings is 1. The first-order valence-electron chi connectivity index (χ1n) is 7.07. The van der Waals surface area contributed by atoms with Gasteiger partial charge in [-0.3, -0.25) is 4.90 Å². The average Bonchev–Trinajstić information content (AvgIpc) is 2.86. The molecule has 1 aromatic carbocycles. The van der Waals surface area contributed by atoms with Crippen molar-refractivity contribution in [2.24, 2.45) is 5.73 Å². The van der Waals surface area contributed by atoms with Crippen LogP contribution in [0.2, 0.25) is 0 Å². The van der Waals surface area contributed by atoms with Crippen LogP contribution in [-0.4, -0.2) is 41.8 Å². The third kappa shape index (κ3) is 2.75. The van der Waals surface area contributed by atoms with Crippen LogP contribution in [0.15, 0.2) is 18.2 Å². The zero-order valence-corrected chi connectivity index (χ0v) is 12.9. The number of thioether (sulfide) groups is 1. The first-order chi connectivity index (χ1) is 9.59. The molecule has 0 saturated carbocycles. The second kappa shape index (κ2) is 5.47. The third-order valence-corrected chi connectivity index (χ3v) is 5.20. The zero-order valence-electron chi connectivity index (χ0n) is 12.1. The Morgan fingerprint density at radius 1 is 1.35 bits per heavy atom. The van der Waals surface area contributed by atoms with E-state index in [4.69, 9.17) is 15.2 Å². The minimum atomic E-state index is 0.254. The summed E-state index contributed by atoms with van der Waals surface area (Å²) in [6, 6.07) is 6.43. The fraction of sp³-hybridized carbons (Fsp3) is 0.600. The summed E-state index contributed by atoms with van der Waals surface area (Å²) in [6.07, 6.45) is 0. The van der Waals surface area contributed by atoms with E-state index >= 15 is 0 Å². The Balaban J connectivity index is 1.82. The monoisotopic (exact) mass is 294 g/mol. The maximum atomic E-state index is 6.05. The maximum Gasteiger partial charge on any atom is 0.231 e. The molecule has 20 heavy (non-hydrogen) atoms. The summed E-state index contributed by atoms with van der Waals surface area (Å²) in [6.45, 7) is 7.70. The highest BCUT2D eigenvalue weighted by atomic mass is 32.2. The summed E-state index contributed by atoms with van der Waals surface area (Å²) in [5, 5.41) is 0. The molecule has 1 atom stereocenters. The van der Waals surface area contributed by atoms with Crippen molar-refractivity contribution in [3.63, 3.8) is 0 Å².